The first-order chi connectivity index (χ1) is 4.31. The third kappa shape index (κ3) is 2.38. The fourth-order valence-corrected chi connectivity index (χ4v) is 1.76. The maximum atomic E-state index is 8.28. The molecule has 0 aliphatic carbocycles. The summed E-state index contributed by atoms with van der Waals surface area (Å²) in [7, 11) is 0. The predicted molar refractivity (Wildman–Crippen MR) is 46.3 cm³/mol. The van der Waals surface area contributed by atoms with Crippen LogP contribution in [0, 0.1) is 0 Å². The zero-order valence-corrected chi connectivity index (χ0v) is 10.2. The van der Waals surface area contributed by atoms with E-state index >= 15 is 0 Å². The summed E-state index contributed by atoms with van der Waals surface area (Å²) >= 11 is -2.41. The van der Waals surface area contributed by atoms with Crippen molar-refractivity contribution in [3.05, 3.63) is 10.4 Å². The number of rotatable bonds is 1. The number of nitrogens with zero attached hydrogens (tertiary/aromatic N) is 3. The molecule has 0 fully saturated rings. The zero-order valence-electron chi connectivity index (χ0n) is 7.34. The van der Waals surface area contributed by atoms with Crippen LogP contribution in [0.3, 0.4) is 0 Å². The van der Waals surface area contributed by atoms with Crippen molar-refractivity contribution >= 4 is 18.7 Å². The molecule has 0 unspecified atom stereocenters. The van der Waals surface area contributed by atoms with Gasteiger partial charge in [0.15, 0.2) is 0 Å². The van der Waals surface area contributed by atoms with Crippen molar-refractivity contribution < 1.29 is 0 Å². The van der Waals surface area contributed by atoms with E-state index in [9.17, 15) is 0 Å². The number of hydrogen-bond acceptors (Lipinski definition) is 1. The first kappa shape index (κ1) is 10.1. The Kier molecular flexibility index (Phi) is 3.04. The van der Waals surface area contributed by atoms with E-state index in [1.807, 2.05) is 0 Å². The maximum absolute atomic E-state index is 8.28. The quantitative estimate of drug-likeness (QED) is 0.296. The fraction of sp³-hybridized carbons (Fsp3) is 1.00. The summed E-state index contributed by atoms with van der Waals surface area (Å²) in [5.74, 6) is 0. The van der Waals surface area contributed by atoms with Gasteiger partial charge in [-0.2, -0.15) is 0 Å². The van der Waals surface area contributed by atoms with Crippen LogP contribution >= 0.6 is 0 Å². The first-order valence-corrected chi connectivity index (χ1v) is 11.8. The summed E-state index contributed by atoms with van der Waals surface area (Å²) in [6.45, 7) is 6.45. The topological polar surface area (TPSA) is 48.8 Å². The molecule has 0 amide bonds. The predicted octanol–water partition coefficient (Wildman–Crippen LogP) is 3.30. The van der Waals surface area contributed by atoms with Gasteiger partial charge in [-0.25, -0.2) is 0 Å². The standard InChI is InChI=1S/C4H9.2CH3.N3.Sn/c1-4(2)3;;;1-3-2;/h1-3H3;2*1H3;;/q;;;-1;+1. The Morgan fingerprint density at radius 1 is 1.30 bits per heavy atom. The summed E-state index contributed by atoms with van der Waals surface area (Å²) in [4.78, 5) is 7.19. The number of azide groups is 1. The van der Waals surface area contributed by atoms with Gasteiger partial charge in [0, 0.05) is 0 Å². The van der Waals surface area contributed by atoms with Crippen LogP contribution in [0.25, 0.3) is 10.4 Å². The van der Waals surface area contributed by atoms with Gasteiger partial charge in [0.1, 0.15) is 0 Å². The van der Waals surface area contributed by atoms with Crippen molar-refractivity contribution in [1.29, 1.82) is 0 Å². The first-order valence-electron chi connectivity index (χ1n) is 3.37. The Morgan fingerprint density at radius 2 is 1.70 bits per heavy atom. The van der Waals surface area contributed by atoms with Crippen LogP contribution in [-0.4, -0.2) is 18.7 Å². The number of hydrogen-bond donors (Lipinski definition) is 0. The molecule has 0 bridgehead atoms. The molecule has 3 nitrogen and oxygen atoms in total. The minimum atomic E-state index is -2.41. The van der Waals surface area contributed by atoms with Crippen LogP contribution in [0.2, 0.25) is 13.3 Å². The average molecular weight is 248 g/mol. The van der Waals surface area contributed by atoms with E-state index in [-0.39, 0.29) is 3.43 Å². The van der Waals surface area contributed by atoms with Gasteiger partial charge in [-0.15, -0.1) is 0 Å². The van der Waals surface area contributed by atoms with Gasteiger partial charge in [-0.3, -0.25) is 0 Å². The van der Waals surface area contributed by atoms with E-state index in [1.54, 1.807) is 0 Å². The molecular weight excluding hydrogens is 233 g/mol. The Bertz CT molecular complexity index is 162. The van der Waals surface area contributed by atoms with Crippen molar-refractivity contribution in [2.75, 3.05) is 0 Å². The third-order valence-electron chi connectivity index (χ3n) is 2.13. The van der Waals surface area contributed by atoms with Gasteiger partial charge in [0.05, 0.1) is 0 Å². The van der Waals surface area contributed by atoms with Crippen LogP contribution in [-0.2, 0) is 0 Å². The molecule has 0 aliphatic rings. The van der Waals surface area contributed by atoms with Crippen LogP contribution in [0.5, 0.6) is 0 Å². The molecule has 0 heterocycles. The van der Waals surface area contributed by atoms with E-state index in [0.29, 0.717) is 0 Å². The van der Waals surface area contributed by atoms with Gasteiger partial charge >= 0.3 is 66.5 Å². The van der Waals surface area contributed by atoms with Crippen molar-refractivity contribution in [3.63, 3.8) is 0 Å². The molecule has 4 heteroatoms. The van der Waals surface area contributed by atoms with Crippen molar-refractivity contribution in [3.8, 4) is 0 Å². The molecule has 0 rings (SSSR count). The molecule has 0 atom stereocenters. The van der Waals surface area contributed by atoms with Gasteiger partial charge in [-0.1, -0.05) is 0 Å². The Labute approximate surface area is 66.7 Å². The summed E-state index contributed by atoms with van der Waals surface area (Å²) in [6, 6.07) is 0. The van der Waals surface area contributed by atoms with Gasteiger partial charge in [0.2, 0.25) is 0 Å². The van der Waals surface area contributed by atoms with Gasteiger partial charge in [0.25, 0.3) is 0 Å². The van der Waals surface area contributed by atoms with Crippen LogP contribution in [0.4, 0.5) is 0 Å². The molecule has 10 heavy (non-hydrogen) atoms. The monoisotopic (exact) mass is 249 g/mol. The zero-order chi connectivity index (χ0) is 8.41. The molecule has 0 aliphatic heterocycles. The molecule has 0 aromatic carbocycles. The molecule has 0 saturated heterocycles. The summed E-state index contributed by atoms with van der Waals surface area (Å²) in [6.07, 6.45) is 0. The average Bonchev–Trinajstić information content (AvgIpc) is 1.61. The van der Waals surface area contributed by atoms with Gasteiger partial charge in [-0.05, 0) is 0 Å². The molecular formula is C6H15N3Sn. The Morgan fingerprint density at radius 3 is 1.80 bits per heavy atom. The van der Waals surface area contributed by atoms with Crippen LogP contribution in [0.1, 0.15) is 20.8 Å². The van der Waals surface area contributed by atoms with Crippen LogP contribution < -0.4 is 0 Å². The molecule has 0 spiro atoms. The van der Waals surface area contributed by atoms with Gasteiger partial charge < -0.3 is 0 Å². The van der Waals surface area contributed by atoms with E-state index in [2.05, 4.69) is 38.9 Å². The molecule has 0 radical (unpaired) electrons. The normalized spacial score (nSPS) is 12.5. The Balaban J connectivity index is 4.56. The van der Waals surface area contributed by atoms with E-state index in [1.165, 1.54) is 0 Å². The fourth-order valence-electron chi connectivity index (χ4n) is 0.262. The summed E-state index contributed by atoms with van der Waals surface area (Å²) in [5, 5.41) is 0. The molecule has 0 aromatic heterocycles. The second kappa shape index (κ2) is 3.01. The van der Waals surface area contributed by atoms with Crippen molar-refractivity contribution in [2.24, 2.45) is 3.34 Å². The van der Waals surface area contributed by atoms with Crippen molar-refractivity contribution in [2.45, 2.75) is 34.1 Å². The third-order valence-corrected chi connectivity index (χ3v) is 14.3. The van der Waals surface area contributed by atoms with Crippen molar-refractivity contribution in [1.82, 2.24) is 0 Å². The van der Waals surface area contributed by atoms with E-state index < -0.39 is 18.7 Å². The molecule has 0 saturated carbocycles. The molecule has 58 valence electrons. The Hall–Kier alpha value is 0.109. The summed E-state index contributed by atoms with van der Waals surface area (Å²) in [5.41, 5.74) is 8.28. The van der Waals surface area contributed by atoms with E-state index in [0.717, 1.165) is 0 Å². The second-order valence-corrected chi connectivity index (χ2v) is 17.7. The van der Waals surface area contributed by atoms with E-state index in [4.69, 9.17) is 5.53 Å². The minimum absolute atomic E-state index is 0.237. The molecule has 0 aromatic rings. The van der Waals surface area contributed by atoms with Crippen LogP contribution in [0.15, 0.2) is 3.34 Å². The second-order valence-electron chi connectivity index (χ2n) is 4.00. The molecule has 0 N–H and O–H groups in total. The summed E-state index contributed by atoms with van der Waals surface area (Å²) < 4.78 is 4.16. The SMILES string of the molecule is C[C](C)(C)[Sn]([CH3])([CH3])[N]=[N+]=[N-].